The third-order valence-corrected chi connectivity index (χ3v) is 3.16. The van der Waals surface area contributed by atoms with Crippen LogP contribution < -0.4 is 4.74 Å². The third kappa shape index (κ3) is 2.58. The number of aromatic carboxylic acids is 1. The van der Waals surface area contributed by atoms with Crippen LogP contribution in [0, 0.1) is 0 Å². The molecule has 0 saturated carbocycles. The molecular weight excluding hydrogens is 218 g/mol. The summed E-state index contributed by atoms with van der Waals surface area (Å²) in [5.74, 6) is -0.227. The number of carboxylic acid groups (broad SMARTS) is 1. The van der Waals surface area contributed by atoms with Gasteiger partial charge in [0.15, 0.2) is 0 Å². The summed E-state index contributed by atoms with van der Waals surface area (Å²) in [6, 6.07) is 5.17. The minimum Gasteiger partial charge on any atom is -0.496 e. The average molecular weight is 235 g/mol. The summed E-state index contributed by atoms with van der Waals surface area (Å²) in [5, 5.41) is 9.19. The van der Waals surface area contributed by atoms with Crippen LogP contribution in [-0.2, 0) is 6.54 Å². The summed E-state index contributed by atoms with van der Waals surface area (Å²) in [6.45, 7) is 2.74. The molecule has 0 spiro atoms. The Morgan fingerprint density at radius 2 is 2.12 bits per heavy atom. The van der Waals surface area contributed by atoms with Gasteiger partial charge in [-0.05, 0) is 38.1 Å². The lowest BCUT2D eigenvalue weighted by atomic mass is 10.1. The van der Waals surface area contributed by atoms with Crippen molar-refractivity contribution in [3.05, 3.63) is 29.3 Å². The molecule has 0 bridgehead atoms. The number of benzene rings is 1. The first-order valence-electron chi connectivity index (χ1n) is 5.84. The molecule has 1 N–H and O–H groups in total. The number of likely N-dealkylation sites (tertiary alicyclic amines) is 1. The summed E-state index contributed by atoms with van der Waals surface area (Å²) in [5.41, 5.74) is 1.13. The van der Waals surface area contributed by atoms with E-state index in [-0.39, 0.29) is 0 Å². The highest BCUT2D eigenvalue weighted by Gasteiger charge is 2.19. The highest BCUT2D eigenvalue weighted by atomic mass is 16.5. The summed E-state index contributed by atoms with van der Waals surface area (Å²) in [6.07, 6.45) is 2.38. The normalized spacial score (nSPS) is 16.1. The molecule has 1 fully saturated rings. The van der Waals surface area contributed by atoms with E-state index in [0.717, 1.165) is 18.7 Å². The van der Waals surface area contributed by atoms with E-state index in [1.54, 1.807) is 19.2 Å². The fourth-order valence-corrected chi connectivity index (χ4v) is 2.28. The molecule has 2 rings (SSSR count). The van der Waals surface area contributed by atoms with Crippen LogP contribution in [0.2, 0.25) is 0 Å². The largest absolute Gasteiger partial charge is 0.496 e. The standard InChI is InChI=1S/C13H17NO3/c1-17-12-6-4-5-10(13(15)16)11(12)9-14-7-2-3-8-14/h4-6H,2-3,7-9H2,1H3,(H,15,16). The van der Waals surface area contributed by atoms with Crippen molar-refractivity contribution in [1.29, 1.82) is 0 Å². The minimum atomic E-state index is -0.891. The molecule has 0 unspecified atom stereocenters. The quantitative estimate of drug-likeness (QED) is 0.867. The number of carboxylic acids is 1. The second kappa shape index (κ2) is 5.19. The van der Waals surface area contributed by atoms with E-state index in [9.17, 15) is 9.90 Å². The molecule has 0 aromatic heterocycles. The second-order valence-electron chi connectivity index (χ2n) is 4.27. The number of hydrogen-bond acceptors (Lipinski definition) is 3. The first-order valence-corrected chi connectivity index (χ1v) is 5.84. The van der Waals surface area contributed by atoms with Crippen molar-refractivity contribution in [2.75, 3.05) is 20.2 Å². The predicted octanol–water partition coefficient (Wildman–Crippen LogP) is 1.99. The first kappa shape index (κ1) is 11.9. The highest BCUT2D eigenvalue weighted by Crippen LogP contribution is 2.25. The zero-order valence-corrected chi connectivity index (χ0v) is 9.98. The van der Waals surface area contributed by atoms with Crippen LogP contribution in [0.25, 0.3) is 0 Å². The molecule has 1 aliphatic heterocycles. The van der Waals surface area contributed by atoms with Gasteiger partial charge >= 0.3 is 5.97 Å². The van der Waals surface area contributed by atoms with Gasteiger partial charge in [-0.25, -0.2) is 4.79 Å². The van der Waals surface area contributed by atoms with Gasteiger partial charge in [0.1, 0.15) is 5.75 Å². The van der Waals surface area contributed by atoms with Gasteiger partial charge in [-0.3, -0.25) is 4.90 Å². The van der Waals surface area contributed by atoms with E-state index in [1.807, 2.05) is 6.07 Å². The lowest BCUT2D eigenvalue weighted by Gasteiger charge is -2.18. The second-order valence-corrected chi connectivity index (χ2v) is 4.27. The van der Waals surface area contributed by atoms with Gasteiger partial charge in [0, 0.05) is 12.1 Å². The van der Waals surface area contributed by atoms with Crippen LogP contribution in [0.5, 0.6) is 5.75 Å². The van der Waals surface area contributed by atoms with E-state index < -0.39 is 5.97 Å². The zero-order valence-electron chi connectivity index (χ0n) is 9.98. The molecule has 4 nitrogen and oxygen atoms in total. The van der Waals surface area contributed by atoms with Gasteiger partial charge < -0.3 is 9.84 Å². The maximum absolute atomic E-state index is 11.2. The van der Waals surface area contributed by atoms with Gasteiger partial charge in [-0.2, -0.15) is 0 Å². The van der Waals surface area contributed by atoms with Crippen LogP contribution in [0.3, 0.4) is 0 Å². The van der Waals surface area contributed by atoms with Crippen LogP contribution in [0.4, 0.5) is 0 Å². The summed E-state index contributed by atoms with van der Waals surface area (Å²) < 4.78 is 5.26. The fraction of sp³-hybridized carbons (Fsp3) is 0.462. The summed E-state index contributed by atoms with van der Waals surface area (Å²) in [4.78, 5) is 13.5. The lowest BCUT2D eigenvalue weighted by Crippen LogP contribution is -2.20. The molecule has 0 atom stereocenters. The topological polar surface area (TPSA) is 49.8 Å². The molecule has 1 heterocycles. The van der Waals surface area contributed by atoms with Crippen molar-refractivity contribution in [3.8, 4) is 5.75 Å². The van der Waals surface area contributed by atoms with Crippen LogP contribution in [-0.4, -0.2) is 36.2 Å². The van der Waals surface area contributed by atoms with Gasteiger partial charge in [-0.1, -0.05) is 6.07 Å². The van der Waals surface area contributed by atoms with E-state index in [4.69, 9.17) is 4.74 Å². The molecule has 0 radical (unpaired) electrons. The Bertz CT molecular complexity index is 411. The molecule has 0 aliphatic carbocycles. The molecule has 92 valence electrons. The molecular formula is C13H17NO3. The van der Waals surface area contributed by atoms with Crippen molar-refractivity contribution in [3.63, 3.8) is 0 Å². The van der Waals surface area contributed by atoms with Crippen molar-refractivity contribution >= 4 is 5.97 Å². The van der Waals surface area contributed by atoms with Gasteiger partial charge in [0.2, 0.25) is 0 Å². The van der Waals surface area contributed by atoms with Crippen LogP contribution in [0.1, 0.15) is 28.8 Å². The zero-order chi connectivity index (χ0) is 12.3. The Labute approximate surface area is 101 Å². The molecule has 1 saturated heterocycles. The van der Waals surface area contributed by atoms with E-state index >= 15 is 0 Å². The number of nitrogens with zero attached hydrogens (tertiary/aromatic N) is 1. The molecule has 1 aromatic carbocycles. The van der Waals surface area contributed by atoms with Crippen molar-refractivity contribution < 1.29 is 14.6 Å². The van der Waals surface area contributed by atoms with Gasteiger partial charge in [0.25, 0.3) is 0 Å². The predicted molar refractivity (Wildman–Crippen MR) is 64.5 cm³/mol. The van der Waals surface area contributed by atoms with E-state index in [0.29, 0.717) is 17.9 Å². The Morgan fingerprint density at radius 3 is 2.71 bits per heavy atom. The molecule has 17 heavy (non-hydrogen) atoms. The van der Waals surface area contributed by atoms with Gasteiger partial charge in [0.05, 0.1) is 12.7 Å². The Kier molecular flexibility index (Phi) is 3.64. The lowest BCUT2D eigenvalue weighted by molar-refractivity contribution is 0.0694. The Hall–Kier alpha value is -1.55. The van der Waals surface area contributed by atoms with Crippen LogP contribution in [0.15, 0.2) is 18.2 Å². The van der Waals surface area contributed by atoms with Gasteiger partial charge in [-0.15, -0.1) is 0 Å². The molecule has 0 amide bonds. The SMILES string of the molecule is COc1cccc(C(=O)O)c1CN1CCCC1. The number of rotatable bonds is 4. The number of carbonyl (C=O) groups is 1. The van der Waals surface area contributed by atoms with Crippen LogP contribution >= 0.6 is 0 Å². The highest BCUT2D eigenvalue weighted by molar-refractivity contribution is 5.90. The first-order chi connectivity index (χ1) is 8.22. The Balaban J connectivity index is 2.30. The smallest absolute Gasteiger partial charge is 0.336 e. The number of hydrogen-bond donors (Lipinski definition) is 1. The fourth-order valence-electron chi connectivity index (χ4n) is 2.28. The van der Waals surface area contributed by atoms with E-state index in [2.05, 4.69) is 4.90 Å². The average Bonchev–Trinajstić information content (AvgIpc) is 2.82. The number of ether oxygens (including phenoxy) is 1. The van der Waals surface area contributed by atoms with Crippen molar-refractivity contribution in [2.45, 2.75) is 19.4 Å². The Morgan fingerprint density at radius 1 is 1.41 bits per heavy atom. The minimum absolute atomic E-state index is 0.344. The molecule has 1 aromatic rings. The van der Waals surface area contributed by atoms with Crippen molar-refractivity contribution in [1.82, 2.24) is 4.90 Å². The third-order valence-electron chi connectivity index (χ3n) is 3.16. The maximum atomic E-state index is 11.2. The number of methoxy groups -OCH3 is 1. The van der Waals surface area contributed by atoms with Crippen molar-refractivity contribution in [2.24, 2.45) is 0 Å². The maximum Gasteiger partial charge on any atom is 0.336 e. The molecule has 4 heteroatoms. The summed E-state index contributed by atoms with van der Waals surface area (Å²) in [7, 11) is 1.58. The monoisotopic (exact) mass is 235 g/mol. The van der Waals surface area contributed by atoms with E-state index in [1.165, 1.54) is 12.8 Å². The summed E-state index contributed by atoms with van der Waals surface area (Å²) >= 11 is 0. The molecule has 1 aliphatic rings.